The maximum absolute atomic E-state index is 14.1. The van der Waals surface area contributed by atoms with E-state index in [4.69, 9.17) is 4.98 Å². The van der Waals surface area contributed by atoms with Gasteiger partial charge in [-0.05, 0) is 43.9 Å². The Kier molecular flexibility index (Phi) is 4.56. The predicted molar refractivity (Wildman–Crippen MR) is 112 cm³/mol. The Labute approximate surface area is 173 Å². The van der Waals surface area contributed by atoms with E-state index < -0.39 is 15.8 Å². The number of nitrogens with zero attached hydrogens (tertiary/aromatic N) is 4. The highest BCUT2D eigenvalue weighted by molar-refractivity contribution is 7.89. The van der Waals surface area contributed by atoms with E-state index >= 15 is 0 Å². The number of rotatable bonds is 3. The van der Waals surface area contributed by atoms with Crippen LogP contribution in [0.25, 0.3) is 10.2 Å². The van der Waals surface area contributed by atoms with Crippen LogP contribution < -0.4 is 4.90 Å². The fraction of sp³-hybridized carbons (Fsp3) is 0.400. The normalized spacial score (nSPS) is 17.8. The second-order valence-electron chi connectivity index (χ2n) is 7.45. The molecule has 0 atom stereocenters. The molecule has 0 unspecified atom stereocenters. The second kappa shape index (κ2) is 7.00. The first-order valence-corrected chi connectivity index (χ1v) is 12.0. The Morgan fingerprint density at radius 2 is 1.83 bits per heavy atom. The third-order valence-corrected chi connectivity index (χ3v) is 8.77. The zero-order chi connectivity index (χ0) is 20.2. The highest BCUT2D eigenvalue weighted by Crippen LogP contribution is 2.40. The van der Waals surface area contributed by atoms with Crippen LogP contribution in [0.3, 0.4) is 0 Å². The molecule has 5 rings (SSSR count). The van der Waals surface area contributed by atoms with Crippen molar-refractivity contribution in [2.75, 3.05) is 31.1 Å². The summed E-state index contributed by atoms with van der Waals surface area (Å²) in [6, 6.07) is 5.54. The minimum absolute atomic E-state index is 0.260. The molecule has 0 N–H and O–H groups in total. The average molecular weight is 433 g/mol. The summed E-state index contributed by atoms with van der Waals surface area (Å²) in [5, 5.41) is 1.14. The number of piperazine rings is 1. The molecule has 0 bridgehead atoms. The van der Waals surface area contributed by atoms with Crippen molar-refractivity contribution >= 4 is 37.4 Å². The van der Waals surface area contributed by atoms with Gasteiger partial charge in [0.1, 0.15) is 27.2 Å². The summed E-state index contributed by atoms with van der Waals surface area (Å²) in [6.07, 6.45) is 3.32. The first kappa shape index (κ1) is 18.9. The lowest BCUT2D eigenvalue weighted by molar-refractivity contribution is 0.381. The fourth-order valence-corrected chi connectivity index (χ4v) is 7.03. The molecule has 1 aliphatic carbocycles. The van der Waals surface area contributed by atoms with Crippen molar-refractivity contribution < 1.29 is 12.8 Å². The molecular weight excluding hydrogens is 411 g/mol. The van der Waals surface area contributed by atoms with Gasteiger partial charge in [0.2, 0.25) is 10.0 Å². The number of sulfonamides is 1. The van der Waals surface area contributed by atoms with E-state index in [1.54, 1.807) is 17.4 Å². The third-order valence-electron chi connectivity index (χ3n) is 5.65. The van der Waals surface area contributed by atoms with Gasteiger partial charge in [0.25, 0.3) is 0 Å². The van der Waals surface area contributed by atoms with Crippen molar-refractivity contribution in [1.29, 1.82) is 0 Å². The van der Waals surface area contributed by atoms with E-state index in [0.717, 1.165) is 34.7 Å². The van der Waals surface area contributed by atoms with Gasteiger partial charge in [-0.1, -0.05) is 12.1 Å². The van der Waals surface area contributed by atoms with Gasteiger partial charge in [-0.3, -0.25) is 0 Å². The van der Waals surface area contributed by atoms with E-state index in [0.29, 0.717) is 26.2 Å². The van der Waals surface area contributed by atoms with Gasteiger partial charge in [-0.25, -0.2) is 22.8 Å². The number of aromatic nitrogens is 2. The average Bonchev–Trinajstić information content (AvgIpc) is 3.28. The summed E-state index contributed by atoms with van der Waals surface area (Å²) in [5.74, 6) is 0.931. The van der Waals surface area contributed by atoms with Crippen LogP contribution in [0.5, 0.6) is 0 Å². The third kappa shape index (κ3) is 3.12. The summed E-state index contributed by atoms with van der Waals surface area (Å²) in [7, 11) is -3.85. The van der Waals surface area contributed by atoms with Crippen LogP contribution in [-0.4, -0.2) is 48.9 Å². The van der Waals surface area contributed by atoms with E-state index in [1.807, 2.05) is 6.92 Å². The lowest BCUT2D eigenvalue weighted by atomic mass is 10.1. The molecule has 6 nitrogen and oxygen atoms in total. The van der Waals surface area contributed by atoms with Crippen molar-refractivity contribution in [1.82, 2.24) is 14.3 Å². The largest absolute Gasteiger partial charge is 0.353 e. The molecule has 29 heavy (non-hydrogen) atoms. The lowest BCUT2D eigenvalue weighted by Crippen LogP contribution is -2.49. The molecule has 2 aliphatic rings. The minimum atomic E-state index is -3.85. The van der Waals surface area contributed by atoms with Crippen LogP contribution in [-0.2, 0) is 22.9 Å². The van der Waals surface area contributed by atoms with Gasteiger partial charge >= 0.3 is 0 Å². The molecule has 0 amide bonds. The Balaban J connectivity index is 1.44. The van der Waals surface area contributed by atoms with Crippen molar-refractivity contribution in [2.45, 2.75) is 31.1 Å². The van der Waals surface area contributed by atoms with Crippen molar-refractivity contribution in [3.8, 4) is 0 Å². The van der Waals surface area contributed by atoms with Crippen LogP contribution >= 0.6 is 11.3 Å². The molecule has 1 aromatic carbocycles. The van der Waals surface area contributed by atoms with Gasteiger partial charge in [0, 0.05) is 31.1 Å². The van der Waals surface area contributed by atoms with Crippen molar-refractivity contribution in [3.05, 3.63) is 46.3 Å². The number of fused-ring (bicyclic) bond motifs is 3. The number of aryl methyl sites for hydroxylation is 3. The second-order valence-corrected chi connectivity index (χ2v) is 10.4. The summed E-state index contributed by atoms with van der Waals surface area (Å²) in [5.41, 5.74) is 1.36. The van der Waals surface area contributed by atoms with E-state index in [9.17, 15) is 12.8 Å². The number of anilines is 1. The topological polar surface area (TPSA) is 66.4 Å². The number of thiophene rings is 1. The maximum Gasteiger partial charge on any atom is 0.246 e. The molecule has 3 heterocycles. The van der Waals surface area contributed by atoms with Crippen molar-refractivity contribution in [2.24, 2.45) is 0 Å². The molecule has 1 fully saturated rings. The first-order chi connectivity index (χ1) is 13.9. The fourth-order valence-electron chi connectivity index (χ4n) is 4.24. The molecule has 0 radical (unpaired) electrons. The van der Waals surface area contributed by atoms with Gasteiger partial charge in [-0.15, -0.1) is 11.3 Å². The number of halogens is 1. The Morgan fingerprint density at radius 1 is 1.07 bits per heavy atom. The Bertz CT molecular complexity index is 1200. The van der Waals surface area contributed by atoms with Crippen LogP contribution in [0, 0.1) is 12.7 Å². The summed E-state index contributed by atoms with van der Waals surface area (Å²) in [4.78, 5) is 13.7. The van der Waals surface area contributed by atoms with Crippen LogP contribution in [0.2, 0.25) is 0 Å². The van der Waals surface area contributed by atoms with E-state index in [2.05, 4.69) is 9.88 Å². The molecule has 2 aromatic heterocycles. The SMILES string of the molecule is Cc1nc(N2CCN(S(=O)(=O)c3ccccc3F)CC2)c2c3c(sc2n1)CCC3. The van der Waals surface area contributed by atoms with E-state index in [1.165, 1.54) is 39.4 Å². The van der Waals surface area contributed by atoms with E-state index in [-0.39, 0.29) is 4.90 Å². The highest BCUT2D eigenvalue weighted by Gasteiger charge is 2.32. The van der Waals surface area contributed by atoms with Gasteiger partial charge < -0.3 is 4.90 Å². The van der Waals surface area contributed by atoms with Crippen LogP contribution in [0.15, 0.2) is 29.2 Å². The van der Waals surface area contributed by atoms with Gasteiger partial charge in [0.15, 0.2) is 0 Å². The molecule has 1 saturated heterocycles. The zero-order valence-corrected chi connectivity index (χ0v) is 17.7. The standard InChI is InChI=1S/C20H21FN4O2S2/c1-13-22-19(18-14-5-4-7-16(14)28-20(18)23-13)24-9-11-25(12-10-24)29(26,27)17-8-3-2-6-15(17)21/h2-3,6,8H,4-5,7,9-12H2,1H3. The molecular formula is C20H21FN4O2S2. The first-order valence-electron chi connectivity index (χ1n) is 9.73. The summed E-state index contributed by atoms with van der Waals surface area (Å²) in [6.45, 7) is 3.53. The number of hydrogen-bond acceptors (Lipinski definition) is 6. The predicted octanol–water partition coefficient (Wildman–Crippen LogP) is 3.14. The van der Waals surface area contributed by atoms with Gasteiger partial charge in [-0.2, -0.15) is 4.31 Å². The Hall–Kier alpha value is -2.10. The lowest BCUT2D eigenvalue weighted by Gasteiger charge is -2.35. The molecule has 0 spiro atoms. The minimum Gasteiger partial charge on any atom is -0.353 e. The number of hydrogen-bond donors (Lipinski definition) is 0. The highest BCUT2D eigenvalue weighted by atomic mass is 32.2. The zero-order valence-electron chi connectivity index (χ0n) is 16.1. The monoisotopic (exact) mass is 432 g/mol. The Morgan fingerprint density at radius 3 is 2.59 bits per heavy atom. The molecule has 1 aliphatic heterocycles. The van der Waals surface area contributed by atoms with Gasteiger partial charge in [0.05, 0.1) is 5.39 Å². The van der Waals surface area contributed by atoms with Crippen LogP contribution in [0.1, 0.15) is 22.7 Å². The molecule has 9 heteroatoms. The quantitative estimate of drug-likeness (QED) is 0.636. The number of benzene rings is 1. The summed E-state index contributed by atoms with van der Waals surface area (Å²) >= 11 is 1.76. The summed E-state index contributed by atoms with van der Waals surface area (Å²) < 4.78 is 41.2. The van der Waals surface area contributed by atoms with Crippen LogP contribution in [0.4, 0.5) is 10.2 Å². The molecule has 152 valence electrons. The molecule has 3 aromatic rings. The smallest absolute Gasteiger partial charge is 0.246 e. The maximum atomic E-state index is 14.1. The molecule has 0 saturated carbocycles. The van der Waals surface area contributed by atoms with Crippen molar-refractivity contribution in [3.63, 3.8) is 0 Å².